The molecule has 1 fully saturated rings. The molecule has 0 radical (unpaired) electrons. The lowest BCUT2D eigenvalue weighted by Gasteiger charge is -2.30. The summed E-state index contributed by atoms with van der Waals surface area (Å²) in [6, 6.07) is 5.65. The molecule has 0 atom stereocenters. The molecule has 1 N–H and O–H groups in total. The van der Waals surface area contributed by atoms with Crippen LogP contribution in [-0.2, 0) is 9.59 Å². The maximum absolute atomic E-state index is 12.4. The Bertz CT molecular complexity index is 677. The third-order valence-electron chi connectivity index (χ3n) is 4.94. The minimum absolute atomic E-state index is 0.0792. The number of fused-ring (bicyclic) bond motifs is 1. The van der Waals surface area contributed by atoms with E-state index in [1.807, 2.05) is 24.3 Å². The van der Waals surface area contributed by atoms with Crippen molar-refractivity contribution in [1.29, 1.82) is 0 Å². The van der Waals surface area contributed by atoms with Crippen molar-refractivity contribution in [2.75, 3.05) is 26.4 Å². The van der Waals surface area contributed by atoms with Gasteiger partial charge in [0, 0.05) is 12.3 Å². The standard InChI is InChI=1S/C20H25NO5/c22-17(6-4-15-5-7-18-19(13-15)26-14-25-18)16-8-11-21(12-9-16)10-2-1-3-20(23)24/h4-7,13,16H,1-3,8-12,14H2,(H,23,24)/b6-4+. The first-order valence-electron chi connectivity index (χ1n) is 9.17. The first-order valence-corrected chi connectivity index (χ1v) is 9.17. The second-order valence-corrected chi connectivity index (χ2v) is 6.82. The number of unbranched alkanes of at least 4 members (excludes halogenated alkanes) is 1. The van der Waals surface area contributed by atoms with Crippen molar-refractivity contribution in [3.63, 3.8) is 0 Å². The van der Waals surface area contributed by atoms with Gasteiger partial charge < -0.3 is 19.5 Å². The maximum Gasteiger partial charge on any atom is 0.303 e. The number of hydrogen-bond donors (Lipinski definition) is 1. The number of aliphatic carboxylic acids is 1. The van der Waals surface area contributed by atoms with E-state index >= 15 is 0 Å². The monoisotopic (exact) mass is 359 g/mol. The molecule has 6 heteroatoms. The molecule has 1 aromatic carbocycles. The van der Waals surface area contributed by atoms with Crippen LogP contribution in [0.15, 0.2) is 24.3 Å². The molecule has 0 amide bonds. The highest BCUT2D eigenvalue weighted by Gasteiger charge is 2.23. The Morgan fingerprint density at radius 2 is 1.92 bits per heavy atom. The van der Waals surface area contributed by atoms with Crippen molar-refractivity contribution in [1.82, 2.24) is 4.90 Å². The number of rotatable bonds is 8. The van der Waals surface area contributed by atoms with Crippen LogP contribution in [0.3, 0.4) is 0 Å². The van der Waals surface area contributed by atoms with E-state index in [0.717, 1.165) is 56.0 Å². The van der Waals surface area contributed by atoms with E-state index in [-0.39, 0.29) is 24.9 Å². The third-order valence-corrected chi connectivity index (χ3v) is 4.94. The normalized spacial score (nSPS) is 17.7. The maximum atomic E-state index is 12.4. The van der Waals surface area contributed by atoms with Crippen molar-refractivity contribution < 1.29 is 24.2 Å². The fraction of sp³-hybridized carbons (Fsp3) is 0.500. The van der Waals surface area contributed by atoms with E-state index in [2.05, 4.69) is 4.90 Å². The quantitative estimate of drug-likeness (QED) is 0.568. The zero-order valence-electron chi connectivity index (χ0n) is 14.9. The molecule has 0 spiro atoms. The molecular weight excluding hydrogens is 334 g/mol. The molecule has 0 saturated carbocycles. The lowest BCUT2D eigenvalue weighted by atomic mass is 9.92. The second kappa shape index (κ2) is 8.85. The molecule has 0 bridgehead atoms. The number of allylic oxidation sites excluding steroid dienone is 1. The van der Waals surface area contributed by atoms with Gasteiger partial charge in [0.2, 0.25) is 6.79 Å². The highest BCUT2D eigenvalue weighted by Crippen LogP contribution is 2.32. The van der Waals surface area contributed by atoms with Gasteiger partial charge in [-0.05, 0) is 69.1 Å². The van der Waals surface area contributed by atoms with Crippen LogP contribution in [0.2, 0.25) is 0 Å². The molecule has 3 rings (SSSR count). The first kappa shape index (κ1) is 18.5. The predicted molar refractivity (Wildman–Crippen MR) is 97.3 cm³/mol. The Labute approximate surface area is 153 Å². The van der Waals surface area contributed by atoms with Crippen molar-refractivity contribution in [3.05, 3.63) is 29.8 Å². The van der Waals surface area contributed by atoms with Gasteiger partial charge in [-0.1, -0.05) is 12.1 Å². The number of likely N-dealkylation sites (tertiary alicyclic amines) is 1. The number of ketones is 1. The SMILES string of the molecule is O=C(O)CCCCN1CCC(C(=O)/C=C/c2ccc3c(c2)OCO3)CC1. The average molecular weight is 359 g/mol. The number of ether oxygens (including phenoxy) is 2. The minimum atomic E-state index is -0.733. The van der Waals surface area contributed by atoms with Gasteiger partial charge in [0.1, 0.15) is 0 Å². The average Bonchev–Trinajstić information content (AvgIpc) is 3.11. The summed E-state index contributed by atoms with van der Waals surface area (Å²) in [5.41, 5.74) is 0.929. The van der Waals surface area contributed by atoms with Gasteiger partial charge >= 0.3 is 5.97 Å². The zero-order chi connectivity index (χ0) is 18.4. The number of carbonyl (C=O) groups excluding carboxylic acids is 1. The van der Waals surface area contributed by atoms with Crippen molar-refractivity contribution in [3.8, 4) is 11.5 Å². The Morgan fingerprint density at radius 1 is 1.15 bits per heavy atom. The van der Waals surface area contributed by atoms with Gasteiger partial charge in [0.15, 0.2) is 17.3 Å². The number of carboxylic acids is 1. The summed E-state index contributed by atoms with van der Waals surface area (Å²) in [7, 11) is 0. The summed E-state index contributed by atoms with van der Waals surface area (Å²) in [5.74, 6) is 0.979. The van der Waals surface area contributed by atoms with Crippen molar-refractivity contribution >= 4 is 17.8 Å². The first-order chi connectivity index (χ1) is 12.6. The molecule has 1 aromatic rings. The molecule has 140 valence electrons. The lowest BCUT2D eigenvalue weighted by Crippen LogP contribution is -2.36. The van der Waals surface area contributed by atoms with Crippen molar-refractivity contribution in [2.45, 2.75) is 32.1 Å². The Morgan fingerprint density at radius 3 is 2.69 bits per heavy atom. The Kier molecular flexibility index (Phi) is 6.28. The molecule has 0 aliphatic carbocycles. The van der Waals surface area contributed by atoms with E-state index < -0.39 is 5.97 Å². The fourth-order valence-electron chi connectivity index (χ4n) is 3.38. The van der Waals surface area contributed by atoms with E-state index in [1.54, 1.807) is 6.08 Å². The number of carbonyl (C=O) groups is 2. The van der Waals surface area contributed by atoms with Crippen LogP contribution in [0.25, 0.3) is 6.08 Å². The summed E-state index contributed by atoms with van der Waals surface area (Å²) in [6.07, 6.45) is 7.08. The summed E-state index contributed by atoms with van der Waals surface area (Å²) in [5, 5.41) is 8.65. The number of carboxylic acid groups (broad SMARTS) is 1. The van der Waals surface area contributed by atoms with Crippen LogP contribution >= 0.6 is 0 Å². The van der Waals surface area contributed by atoms with Crippen LogP contribution in [0.1, 0.15) is 37.7 Å². The van der Waals surface area contributed by atoms with Crippen LogP contribution in [-0.4, -0.2) is 48.2 Å². The number of benzene rings is 1. The predicted octanol–water partition coefficient (Wildman–Crippen LogP) is 2.96. The summed E-state index contributed by atoms with van der Waals surface area (Å²) < 4.78 is 10.6. The van der Waals surface area contributed by atoms with E-state index in [4.69, 9.17) is 14.6 Å². The molecule has 6 nitrogen and oxygen atoms in total. The summed E-state index contributed by atoms with van der Waals surface area (Å²) in [4.78, 5) is 25.3. The van der Waals surface area contributed by atoms with Crippen LogP contribution in [0.4, 0.5) is 0 Å². The molecule has 26 heavy (non-hydrogen) atoms. The molecule has 2 heterocycles. The van der Waals surface area contributed by atoms with E-state index in [9.17, 15) is 9.59 Å². The molecule has 0 unspecified atom stereocenters. The van der Waals surface area contributed by atoms with Gasteiger partial charge in [-0.3, -0.25) is 9.59 Å². The summed E-state index contributed by atoms with van der Waals surface area (Å²) in [6.45, 7) is 2.97. The van der Waals surface area contributed by atoms with E-state index in [1.165, 1.54) is 0 Å². The fourth-order valence-corrected chi connectivity index (χ4v) is 3.38. The van der Waals surface area contributed by atoms with Crippen LogP contribution in [0, 0.1) is 5.92 Å². The minimum Gasteiger partial charge on any atom is -0.481 e. The van der Waals surface area contributed by atoms with Crippen molar-refractivity contribution in [2.24, 2.45) is 5.92 Å². The molecule has 1 saturated heterocycles. The number of nitrogens with zero attached hydrogens (tertiary/aromatic N) is 1. The van der Waals surface area contributed by atoms with Gasteiger partial charge in [-0.25, -0.2) is 0 Å². The van der Waals surface area contributed by atoms with Crippen LogP contribution in [0.5, 0.6) is 11.5 Å². The Balaban J connectivity index is 1.41. The zero-order valence-corrected chi connectivity index (χ0v) is 14.9. The molecule has 2 aliphatic heterocycles. The van der Waals surface area contributed by atoms with E-state index in [0.29, 0.717) is 6.42 Å². The Hall–Kier alpha value is -2.34. The third kappa shape index (κ3) is 5.08. The van der Waals surface area contributed by atoms with Crippen LogP contribution < -0.4 is 9.47 Å². The highest BCUT2D eigenvalue weighted by atomic mass is 16.7. The topological polar surface area (TPSA) is 76.1 Å². The molecule has 0 aromatic heterocycles. The largest absolute Gasteiger partial charge is 0.481 e. The van der Waals surface area contributed by atoms with Gasteiger partial charge in [0.05, 0.1) is 0 Å². The number of hydrogen-bond acceptors (Lipinski definition) is 5. The molecular formula is C20H25NO5. The van der Waals surface area contributed by atoms with Gasteiger partial charge in [-0.15, -0.1) is 0 Å². The highest BCUT2D eigenvalue weighted by molar-refractivity contribution is 5.95. The lowest BCUT2D eigenvalue weighted by molar-refractivity contribution is -0.137. The van der Waals surface area contributed by atoms with Gasteiger partial charge in [0.25, 0.3) is 0 Å². The van der Waals surface area contributed by atoms with Gasteiger partial charge in [-0.2, -0.15) is 0 Å². The second-order valence-electron chi connectivity index (χ2n) is 6.82. The summed E-state index contributed by atoms with van der Waals surface area (Å²) >= 11 is 0. The number of piperidine rings is 1. The molecule has 2 aliphatic rings. The smallest absolute Gasteiger partial charge is 0.303 e.